The Morgan fingerprint density at radius 3 is 2.16 bits per heavy atom. The molecule has 8 heteroatoms. The van der Waals surface area contributed by atoms with Crippen LogP contribution in [0.4, 0.5) is 18.0 Å². The van der Waals surface area contributed by atoms with Gasteiger partial charge in [-0.3, -0.25) is 0 Å². The number of carboxylic acids is 1. The van der Waals surface area contributed by atoms with Gasteiger partial charge in [0.25, 0.3) is 0 Å². The molecule has 110 valence electrons. The van der Waals surface area contributed by atoms with E-state index in [0.717, 1.165) is 0 Å². The van der Waals surface area contributed by atoms with E-state index in [0.29, 0.717) is 0 Å². The summed E-state index contributed by atoms with van der Waals surface area (Å²) in [5.41, 5.74) is -2.18. The molecule has 19 heavy (non-hydrogen) atoms. The zero-order valence-corrected chi connectivity index (χ0v) is 10.7. The first kappa shape index (κ1) is 15.6. The summed E-state index contributed by atoms with van der Waals surface area (Å²) in [4.78, 5) is 22.3. The van der Waals surface area contributed by atoms with Gasteiger partial charge in [0.1, 0.15) is 11.6 Å². The molecule has 1 aliphatic rings. The first-order valence-corrected chi connectivity index (χ1v) is 5.95. The predicted octanol–water partition coefficient (Wildman–Crippen LogP) is 1.88. The van der Waals surface area contributed by atoms with Crippen molar-refractivity contribution in [1.82, 2.24) is 10.6 Å². The van der Waals surface area contributed by atoms with Gasteiger partial charge in [0.05, 0.1) is 0 Å². The average Bonchev–Trinajstić information content (AvgIpc) is 2.95. The first-order valence-electron chi connectivity index (χ1n) is 5.95. The lowest BCUT2D eigenvalue weighted by atomic mass is 10.0. The summed E-state index contributed by atoms with van der Waals surface area (Å²) >= 11 is 0. The number of amides is 2. The molecular weight excluding hydrogens is 265 g/mol. The average molecular weight is 282 g/mol. The summed E-state index contributed by atoms with van der Waals surface area (Å²) < 4.78 is 37.8. The monoisotopic (exact) mass is 282 g/mol. The fraction of sp³-hybridized carbons (Fsp3) is 0.818. The maximum absolute atomic E-state index is 12.6. The molecule has 0 radical (unpaired) electrons. The quantitative estimate of drug-likeness (QED) is 0.720. The fourth-order valence-electron chi connectivity index (χ4n) is 1.71. The van der Waals surface area contributed by atoms with E-state index in [1.165, 1.54) is 0 Å². The van der Waals surface area contributed by atoms with Gasteiger partial charge in [0.2, 0.25) is 0 Å². The number of nitrogens with one attached hydrogen (secondary N) is 2. The molecule has 0 aromatic carbocycles. The van der Waals surface area contributed by atoms with Crippen LogP contribution >= 0.6 is 0 Å². The lowest BCUT2D eigenvalue weighted by Gasteiger charge is -2.23. The first-order chi connectivity index (χ1) is 8.57. The third-order valence-corrected chi connectivity index (χ3v) is 2.96. The molecular formula is C11H17F3N2O3. The van der Waals surface area contributed by atoms with Crippen LogP contribution in [0, 0.1) is 5.92 Å². The molecule has 0 spiro atoms. The van der Waals surface area contributed by atoms with Gasteiger partial charge in [0, 0.05) is 0 Å². The Balaban J connectivity index is 2.57. The highest BCUT2D eigenvalue weighted by atomic mass is 19.4. The van der Waals surface area contributed by atoms with E-state index in [9.17, 15) is 22.8 Å². The maximum Gasteiger partial charge on any atom is 0.411 e. The Morgan fingerprint density at radius 1 is 1.32 bits per heavy atom. The normalized spacial score (nSPS) is 18.8. The number of halogens is 3. The Morgan fingerprint density at radius 2 is 1.84 bits per heavy atom. The van der Waals surface area contributed by atoms with E-state index in [1.54, 1.807) is 13.8 Å². The van der Waals surface area contributed by atoms with E-state index in [2.05, 4.69) is 5.32 Å². The molecule has 0 aliphatic heterocycles. The van der Waals surface area contributed by atoms with Crippen LogP contribution < -0.4 is 10.6 Å². The Bertz CT molecular complexity index is 365. The summed E-state index contributed by atoms with van der Waals surface area (Å²) in [6, 6.07) is -2.29. The molecule has 1 saturated carbocycles. The van der Waals surface area contributed by atoms with Gasteiger partial charge in [-0.2, -0.15) is 13.2 Å². The summed E-state index contributed by atoms with van der Waals surface area (Å²) in [5.74, 6) is -1.26. The maximum atomic E-state index is 12.6. The molecule has 1 unspecified atom stereocenters. The molecule has 2 amide bonds. The van der Waals surface area contributed by atoms with Crippen LogP contribution in [0.1, 0.15) is 33.1 Å². The van der Waals surface area contributed by atoms with Gasteiger partial charge in [-0.1, -0.05) is 13.8 Å². The van der Waals surface area contributed by atoms with Crippen LogP contribution in [-0.2, 0) is 4.79 Å². The number of alkyl halides is 3. The molecule has 0 aromatic rings. The second-order valence-electron chi connectivity index (χ2n) is 5.20. The predicted molar refractivity (Wildman–Crippen MR) is 60.6 cm³/mol. The zero-order chi connectivity index (χ0) is 14.8. The van der Waals surface area contributed by atoms with Gasteiger partial charge in [-0.25, -0.2) is 9.59 Å². The van der Waals surface area contributed by atoms with Crippen molar-refractivity contribution in [2.24, 2.45) is 5.92 Å². The second kappa shape index (κ2) is 5.26. The zero-order valence-electron chi connectivity index (χ0n) is 10.7. The molecule has 0 bridgehead atoms. The van der Waals surface area contributed by atoms with Crippen molar-refractivity contribution in [2.75, 3.05) is 0 Å². The highest BCUT2D eigenvalue weighted by molar-refractivity contribution is 5.83. The number of hydrogen-bond acceptors (Lipinski definition) is 2. The van der Waals surface area contributed by atoms with E-state index in [-0.39, 0.29) is 25.2 Å². The highest BCUT2D eigenvalue weighted by Gasteiger charge is 2.64. The van der Waals surface area contributed by atoms with E-state index < -0.39 is 29.8 Å². The Hall–Kier alpha value is -1.47. The van der Waals surface area contributed by atoms with Crippen molar-refractivity contribution < 1.29 is 27.9 Å². The smallest absolute Gasteiger partial charge is 0.411 e. The lowest BCUT2D eigenvalue weighted by Crippen LogP contribution is -2.54. The summed E-state index contributed by atoms with van der Waals surface area (Å²) in [6.45, 7) is 3.52. The molecule has 0 aromatic heterocycles. The number of aliphatic carboxylic acids is 1. The van der Waals surface area contributed by atoms with Gasteiger partial charge >= 0.3 is 18.2 Å². The third kappa shape index (κ3) is 4.00. The largest absolute Gasteiger partial charge is 0.480 e. The van der Waals surface area contributed by atoms with Crippen LogP contribution in [0.2, 0.25) is 0 Å². The van der Waals surface area contributed by atoms with Crippen LogP contribution in [-0.4, -0.2) is 34.9 Å². The van der Waals surface area contributed by atoms with E-state index in [1.807, 2.05) is 5.32 Å². The number of urea groups is 1. The van der Waals surface area contributed by atoms with Crippen molar-refractivity contribution >= 4 is 12.0 Å². The van der Waals surface area contributed by atoms with Crippen molar-refractivity contribution in [3.8, 4) is 0 Å². The van der Waals surface area contributed by atoms with Gasteiger partial charge < -0.3 is 15.7 Å². The van der Waals surface area contributed by atoms with Crippen LogP contribution in [0.25, 0.3) is 0 Å². The SMILES string of the molecule is CC(C)CC(NC(=O)NC1(C(F)(F)F)CC1)C(=O)O. The molecule has 1 rings (SSSR count). The van der Waals surface area contributed by atoms with Crippen LogP contribution in [0.5, 0.6) is 0 Å². The minimum absolute atomic E-state index is 0.00102. The minimum Gasteiger partial charge on any atom is -0.480 e. The highest BCUT2D eigenvalue weighted by Crippen LogP contribution is 2.48. The second-order valence-corrected chi connectivity index (χ2v) is 5.20. The number of carbonyl (C=O) groups excluding carboxylic acids is 1. The molecule has 1 fully saturated rings. The Kier molecular flexibility index (Phi) is 4.32. The van der Waals surface area contributed by atoms with Gasteiger partial charge in [0.15, 0.2) is 0 Å². The molecule has 5 nitrogen and oxygen atoms in total. The Labute approximate surface area is 108 Å². The fourth-order valence-corrected chi connectivity index (χ4v) is 1.71. The van der Waals surface area contributed by atoms with Crippen molar-refractivity contribution in [3.63, 3.8) is 0 Å². The number of rotatable bonds is 5. The minimum atomic E-state index is -4.51. The van der Waals surface area contributed by atoms with Crippen LogP contribution in [0.15, 0.2) is 0 Å². The van der Waals surface area contributed by atoms with Crippen molar-refractivity contribution in [2.45, 2.75) is 50.9 Å². The van der Waals surface area contributed by atoms with Crippen molar-refractivity contribution in [3.05, 3.63) is 0 Å². The molecule has 3 N–H and O–H groups in total. The topological polar surface area (TPSA) is 78.4 Å². The standard InChI is InChI=1S/C11H17F3N2O3/c1-6(2)5-7(8(17)18)15-9(19)16-10(3-4-10)11(12,13)14/h6-7H,3-5H2,1-2H3,(H,17,18)(H2,15,16,19). The van der Waals surface area contributed by atoms with Crippen molar-refractivity contribution in [1.29, 1.82) is 0 Å². The lowest BCUT2D eigenvalue weighted by molar-refractivity contribution is -0.162. The van der Waals surface area contributed by atoms with Gasteiger partial charge in [-0.05, 0) is 25.2 Å². The molecule has 0 heterocycles. The van der Waals surface area contributed by atoms with Gasteiger partial charge in [-0.15, -0.1) is 0 Å². The number of carbonyl (C=O) groups is 2. The number of carboxylic acid groups (broad SMARTS) is 1. The molecule has 1 aliphatic carbocycles. The molecule has 0 saturated heterocycles. The summed E-state index contributed by atoms with van der Waals surface area (Å²) in [5, 5.41) is 12.8. The number of hydrogen-bond donors (Lipinski definition) is 3. The summed E-state index contributed by atoms with van der Waals surface area (Å²) in [7, 11) is 0. The molecule has 1 atom stereocenters. The van der Waals surface area contributed by atoms with Crippen LogP contribution in [0.3, 0.4) is 0 Å². The van der Waals surface area contributed by atoms with E-state index in [4.69, 9.17) is 5.11 Å². The third-order valence-electron chi connectivity index (χ3n) is 2.96. The summed E-state index contributed by atoms with van der Waals surface area (Å²) in [6.07, 6.45) is -4.71. The van der Waals surface area contributed by atoms with E-state index >= 15 is 0 Å².